The van der Waals surface area contributed by atoms with Crippen LogP contribution in [0.1, 0.15) is 68.6 Å². The Hall–Kier alpha value is -1.84. The van der Waals surface area contributed by atoms with Crippen molar-refractivity contribution in [3.8, 4) is 5.75 Å². The maximum absolute atomic E-state index is 11.2. The highest BCUT2D eigenvalue weighted by Crippen LogP contribution is 2.31. The van der Waals surface area contributed by atoms with Crippen molar-refractivity contribution in [1.82, 2.24) is 0 Å². The van der Waals surface area contributed by atoms with Crippen LogP contribution in [0, 0.1) is 0 Å². The van der Waals surface area contributed by atoms with Gasteiger partial charge in [0.05, 0.1) is 38.3 Å². The summed E-state index contributed by atoms with van der Waals surface area (Å²) in [5.41, 5.74) is 2.21. The molecule has 1 fully saturated rings. The fraction of sp³-hybridized carbons (Fsp3) is 0.520. The van der Waals surface area contributed by atoms with Crippen LogP contribution >= 0.6 is 0 Å². The minimum absolute atomic E-state index is 0.116. The second-order valence-electron chi connectivity index (χ2n) is 8.10. The Balaban J connectivity index is 1.68. The topological polar surface area (TPSA) is 33.9 Å². The minimum Gasteiger partial charge on any atom is -0.494 e. The summed E-state index contributed by atoms with van der Waals surface area (Å²) in [6, 6.07) is 18.6. The van der Waals surface area contributed by atoms with E-state index in [1.807, 2.05) is 30.3 Å². The van der Waals surface area contributed by atoms with Gasteiger partial charge in [-0.2, -0.15) is 0 Å². The van der Waals surface area contributed by atoms with Crippen LogP contribution in [-0.2, 0) is 0 Å². The number of aliphatic hydroxyl groups excluding tert-OH is 1. The molecule has 2 aromatic rings. The highest BCUT2D eigenvalue weighted by Gasteiger charge is 2.28. The molecular formula is C25H36NO2+. The summed E-state index contributed by atoms with van der Waals surface area (Å²) in [7, 11) is 0. The third-order valence-corrected chi connectivity index (χ3v) is 5.92. The molecule has 3 nitrogen and oxygen atoms in total. The van der Waals surface area contributed by atoms with Gasteiger partial charge < -0.3 is 14.7 Å². The first-order valence-corrected chi connectivity index (χ1v) is 11.1. The van der Waals surface area contributed by atoms with E-state index in [1.54, 1.807) is 4.90 Å². The zero-order chi connectivity index (χ0) is 19.6. The number of quaternary nitrogens is 1. The van der Waals surface area contributed by atoms with E-state index in [2.05, 4.69) is 31.2 Å². The molecule has 28 heavy (non-hydrogen) atoms. The smallest absolute Gasteiger partial charge is 0.119 e. The number of aliphatic hydroxyl groups is 1. The molecule has 2 atom stereocenters. The number of benzene rings is 2. The predicted molar refractivity (Wildman–Crippen MR) is 115 cm³/mol. The Morgan fingerprint density at radius 3 is 2.29 bits per heavy atom. The van der Waals surface area contributed by atoms with Crippen LogP contribution in [0.25, 0.3) is 0 Å². The van der Waals surface area contributed by atoms with Crippen molar-refractivity contribution >= 4 is 0 Å². The highest BCUT2D eigenvalue weighted by atomic mass is 16.5. The maximum Gasteiger partial charge on any atom is 0.119 e. The Morgan fingerprint density at radius 2 is 1.61 bits per heavy atom. The van der Waals surface area contributed by atoms with Gasteiger partial charge in [0.25, 0.3) is 0 Å². The molecule has 0 radical (unpaired) electrons. The number of unbranched alkanes of at least 4 members (excludes halogenated alkanes) is 2. The SMILES string of the molecule is CCCCCOc1ccc([C@@H](O)[C@@H](C[NH+]2CCCCC2)c2ccccc2)cc1. The number of nitrogens with one attached hydrogen (secondary N) is 1. The number of likely N-dealkylation sites (tertiary alicyclic amines) is 1. The lowest BCUT2D eigenvalue weighted by atomic mass is 9.88. The molecule has 0 unspecified atom stereocenters. The molecule has 152 valence electrons. The second-order valence-corrected chi connectivity index (χ2v) is 8.10. The van der Waals surface area contributed by atoms with E-state index in [1.165, 1.54) is 50.8 Å². The van der Waals surface area contributed by atoms with Gasteiger partial charge in [0.2, 0.25) is 0 Å². The normalized spacial score (nSPS) is 17.2. The van der Waals surface area contributed by atoms with Crippen molar-refractivity contribution < 1.29 is 14.7 Å². The summed E-state index contributed by atoms with van der Waals surface area (Å²) in [4.78, 5) is 1.62. The van der Waals surface area contributed by atoms with Gasteiger partial charge in [-0.25, -0.2) is 0 Å². The van der Waals surface area contributed by atoms with Crippen LogP contribution in [0.15, 0.2) is 54.6 Å². The second kappa shape index (κ2) is 11.2. The van der Waals surface area contributed by atoms with Gasteiger partial charge >= 0.3 is 0 Å². The summed E-state index contributed by atoms with van der Waals surface area (Å²) in [6.07, 6.45) is 6.96. The van der Waals surface area contributed by atoms with E-state index in [0.717, 1.165) is 30.9 Å². The Bertz CT molecular complexity index is 665. The van der Waals surface area contributed by atoms with Gasteiger partial charge in [0.15, 0.2) is 0 Å². The van der Waals surface area contributed by atoms with E-state index in [9.17, 15) is 5.11 Å². The standard InChI is InChI=1S/C25H35NO2/c1-2-3-10-19-28-23-15-13-22(14-16-23)25(27)24(21-11-6-4-7-12-21)20-26-17-8-5-9-18-26/h4,6-7,11-16,24-25,27H,2-3,5,8-10,17-20H2,1H3/p+1/t24-,25+/m0/s1. The monoisotopic (exact) mass is 382 g/mol. The van der Waals surface area contributed by atoms with Crippen LogP contribution in [0.4, 0.5) is 0 Å². The van der Waals surface area contributed by atoms with Crippen molar-refractivity contribution in [2.75, 3.05) is 26.2 Å². The van der Waals surface area contributed by atoms with Gasteiger partial charge in [-0.3, -0.25) is 0 Å². The molecule has 1 heterocycles. The quantitative estimate of drug-likeness (QED) is 0.606. The molecule has 1 aliphatic rings. The third kappa shape index (κ3) is 6.08. The molecular weight excluding hydrogens is 346 g/mol. The molecule has 0 aromatic heterocycles. The fourth-order valence-electron chi connectivity index (χ4n) is 4.21. The highest BCUT2D eigenvalue weighted by molar-refractivity contribution is 5.31. The molecule has 3 heteroatoms. The summed E-state index contributed by atoms with van der Waals surface area (Å²) in [5, 5.41) is 11.2. The summed E-state index contributed by atoms with van der Waals surface area (Å²) in [6.45, 7) is 6.40. The van der Waals surface area contributed by atoms with E-state index < -0.39 is 6.10 Å². The molecule has 1 saturated heterocycles. The van der Waals surface area contributed by atoms with Crippen LogP contribution in [0.2, 0.25) is 0 Å². The Kier molecular flexibility index (Phi) is 8.38. The number of hydrogen-bond donors (Lipinski definition) is 2. The van der Waals surface area contributed by atoms with Crippen molar-refractivity contribution in [1.29, 1.82) is 0 Å². The first-order valence-electron chi connectivity index (χ1n) is 11.1. The Labute approximate surface area is 170 Å². The lowest BCUT2D eigenvalue weighted by Gasteiger charge is -2.30. The molecule has 0 bridgehead atoms. The number of hydrogen-bond acceptors (Lipinski definition) is 2. The van der Waals surface area contributed by atoms with Gasteiger partial charge in [-0.05, 0) is 48.9 Å². The lowest BCUT2D eigenvalue weighted by molar-refractivity contribution is -0.906. The maximum atomic E-state index is 11.2. The minimum atomic E-state index is -0.494. The molecule has 3 rings (SSSR count). The van der Waals surface area contributed by atoms with Crippen LogP contribution < -0.4 is 9.64 Å². The molecule has 2 aromatic carbocycles. The average Bonchev–Trinajstić information content (AvgIpc) is 2.76. The average molecular weight is 383 g/mol. The van der Waals surface area contributed by atoms with Gasteiger partial charge in [0, 0.05) is 0 Å². The van der Waals surface area contributed by atoms with Crippen molar-refractivity contribution in [3.05, 3.63) is 65.7 Å². The van der Waals surface area contributed by atoms with Gasteiger partial charge in [0.1, 0.15) is 5.75 Å². The first-order chi connectivity index (χ1) is 13.8. The van der Waals surface area contributed by atoms with E-state index >= 15 is 0 Å². The Morgan fingerprint density at radius 1 is 0.893 bits per heavy atom. The summed E-state index contributed by atoms with van der Waals surface area (Å²) < 4.78 is 5.82. The van der Waals surface area contributed by atoms with Crippen LogP contribution in [0.3, 0.4) is 0 Å². The fourth-order valence-corrected chi connectivity index (χ4v) is 4.21. The zero-order valence-electron chi connectivity index (χ0n) is 17.3. The molecule has 0 spiro atoms. The molecule has 0 aliphatic carbocycles. The predicted octanol–water partition coefficient (Wildman–Crippen LogP) is 4.14. The van der Waals surface area contributed by atoms with Crippen LogP contribution in [0.5, 0.6) is 5.75 Å². The number of piperidine rings is 1. The summed E-state index contributed by atoms with van der Waals surface area (Å²) >= 11 is 0. The first kappa shape index (κ1) is 20.9. The molecule has 0 amide bonds. The zero-order valence-corrected chi connectivity index (χ0v) is 17.3. The van der Waals surface area contributed by atoms with Crippen LogP contribution in [-0.4, -0.2) is 31.3 Å². The number of rotatable bonds is 10. The molecule has 1 aliphatic heterocycles. The third-order valence-electron chi connectivity index (χ3n) is 5.92. The summed E-state index contributed by atoms with van der Waals surface area (Å²) in [5.74, 6) is 1.01. The number of ether oxygens (including phenoxy) is 1. The van der Waals surface area contributed by atoms with Gasteiger partial charge in [-0.15, -0.1) is 0 Å². The molecule has 2 N–H and O–H groups in total. The van der Waals surface area contributed by atoms with E-state index in [-0.39, 0.29) is 5.92 Å². The van der Waals surface area contributed by atoms with E-state index in [0.29, 0.717) is 0 Å². The largest absolute Gasteiger partial charge is 0.494 e. The van der Waals surface area contributed by atoms with Crippen molar-refractivity contribution in [3.63, 3.8) is 0 Å². The van der Waals surface area contributed by atoms with Crippen molar-refractivity contribution in [2.45, 2.75) is 57.5 Å². The van der Waals surface area contributed by atoms with Gasteiger partial charge in [-0.1, -0.05) is 62.2 Å². The van der Waals surface area contributed by atoms with Crippen molar-refractivity contribution in [2.24, 2.45) is 0 Å². The lowest BCUT2D eigenvalue weighted by Crippen LogP contribution is -3.13. The van der Waals surface area contributed by atoms with E-state index in [4.69, 9.17) is 4.74 Å². The molecule has 0 saturated carbocycles.